The fourth-order valence-corrected chi connectivity index (χ4v) is 4.32. The fraction of sp³-hybridized carbons (Fsp3) is 0.793. The first-order chi connectivity index (χ1) is 20.6. The van der Waals surface area contributed by atoms with Gasteiger partial charge in [0.2, 0.25) is 5.91 Å². The van der Waals surface area contributed by atoms with Gasteiger partial charge in [-0.2, -0.15) is 0 Å². The molecule has 0 saturated carbocycles. The van der Waals surface area contributed by atoms with E-state index in [1.54, 1.807) is 41.9 Å². The summed E-state index contributed by atoms with van der Waals surface area (Å²) in [5, 5.41) is 13.6. The van der Waals surface area contributed by atoms with E-state index in [1.807, 2.05) is 13.8 Å². The van der Waals surface area contributed by atoms with Crippen LogP contribution in [0.15, 0.2) is 0 Å². The van der Waals surface area contributed by atoms with Gasteiger partial charge in [0.05, 0.1) is 31.7 Å². The highest BCUT2D eigenvalue weighted by Crippen LogP contribution is 2.26. The second-order valence-electron chi connectivity index (χ2n) is 10.8. The van der Waals surface area contributed by atoms with Gasteiger partial charge < -0.3 is 40.2 Å². The number of amides is 1. The monoisotopic (exact) mass is 631 g/mol. The molecule has 254 valence electrons. The first kappa shape index (κ1) is 41.0. The van der Waals surface area contributed by atoms with E-state index >= 15 is 0 Å². The van der Waals surface area contributed by atoms with Crippen LogP contribution in [0.2, 0.25) is 0 Å². The van der Waals surface area contributed by atoms with E-state index in [-0.39, 0.29) is 44.2 Å². The molecule has 0 spiro atoms. The number of likely N-dealkylation sites (N-methyl/N-ethyl adjacent to an activating group) is 3. The second kappa shape index (κ2) is 20.1. The highest BCUT2D eigenvalue weighted by Gasteiger charge is 2.42. The van der Waals surface area contributed by atoms with E-state index in [1.165, 1.54) is 6.92 Å². The molecule has 0 aliphatic rings. The summed E-state index contributed by atoms with van der Waals surface area (Å²) >= 11 is 0. The van der Waals surface area contributed by atoms with Gasteiger partial charge >= 0.3 is 17.9 Å². The summed E-state index contributed by atoms with van der Waals surface area (Å²) in [5.74, 6) is -3.17. The molecule has 15 nitrogen and oxygen atoms in total. The summed E-state index contributed by atoms with van der Waals surface area (Å²) < 4.78 is 21.9. The molecular weight excluding hydrogens is 578 g/mol. The predicted molar refractivity (Wildman–Crippen MR) is 162 cm³/mol. The number of hydrogen-bond acceptors (Lipinski definition) is 14. The Bertz CT molecular complexity index is 917. The number of rotatable bonds is 24. The molecule has 0 aromatic heterocycles. The first-order valence-electron chi connectivity index (χ1n) is 14.8. The summed E-state index contributed by atoms with van der Waals surface area (Å²) in [4.78, 5) is 75.7. The number of hydrogen-bond donors (Lipinski definition) is 5. The van der Waals surface area contributed by atoms with E-state index in [4.69, 9.17) is 18.9 Å². The summed E-state index contributed by atoms with van der Waals surface area (Å²) in [5.41, 5.74) is -3.97. The van der Waals surface area contributed by atoms with Gasteiger partial charge in [0.25, 0.3) is 0 Å². The van der Waals surface area contributed by atoms with Crippen LogP contribution < -0.4 is 26.6 Å². The molecule has 0 aliphatic heterocycles. The van der Waals surface area contributed by atoms with Crippen molar-refractivity contribution in [1.29, 1.82) is 0 Å². The molecule has 0 heterocycles. The predicted octanol–water partition coefficient (Wildman–Crippen LogP) is -0.990. The van der Waals surface area contributed by atoms with Crippen LogP contribution in [-0.4, -0.2) is 125 Å². The molecule has 0 radical (unpaired) electrons. The van der Waals surface area contributed by atoms with Crippen LogP contribution in [0.3, 0.4) is 0 Å². The summed E-state index contributed by atoms with van der Waals surface area (Å²) in [6.07, 6.45) is 0.124. The molecule has 5 N–H and O–H groups in total. The van der Waals surface area contributed by atoms with Gasteiger partial charge in [-0.1, -0.05) is 20.8 Å². The van der Waals surface area contributed by atoms with Crippen LogP contribution in [0.25, 0.3) is 0 Å². The molecule has 0 aliphatic carbocycles. The number of nitrogens with one attached hydrogen (secondary N) is 5. The van der Waals surface area contributed by atoms with Gasteiger partial charge in [0.1, 0.15) is 37.1 Å². The SMILES string of the molecule is CCC(C)(NCC(=O)NC(COC(=O)CNC)(COC(=O)CNC)COC(=O)CNC)C(=O)C(C)OC(CC)(CC)C(C)=O. The van der Waals surface area contributed by atoms with Gasteiger partial charge in [-0.3, -0.25) is 34.1 Å². The van der Waals surface area contributed by atoms with Gasteiger partial charge in [-0.15, -0.1) is 0 Å². The van der Waals surface area contributed by atoms with Crippen LogP contribution in [0.5, 0.6) is 0 Å². The Morgan fingerprint density at radius 1 is 0.682 bits per heavy atom. The molecule has 2 unspecified atom stereocenters. The normalized spacial score (nSPS) is 13.8. The van der Waals surface area contributed by atoms with Gasteiger partial charge in [0, 0.05) is 0 Å². The van der Waals surface area contributed by atoms with Crippen LogP contribution in [0, 0.1) is 0 Å². The maximum atomic E-state index is 13.5. The molecule has 1 amide bonds. The van der Waals surface area contributed by atoms with Gasteiger partial charge in [-0.25, -0.2) is 0 Å². The highest BCUT2D eigenvalue weighted by atomic mass is 16.6. The van der Waals surface area contributed by atoms with Crippen molar-refractivity contribution in [3.63, 3.8) is 0 Å². The van der Waals surface area contributed by atoms with E-state index in [0.717, 1.165) is 0 Å². The lowest BCUT2D eigenvalue weighted by molar-refractivity contribution is -0.162. The minimum atomic E-state index is -1.65. The van der Waals surface area contributed by atoms with E-state index < -0.39 is 66.4 Å². The zero-order chi connectivity index (χ0) is 34.0. The molecule has 0 bridgehead atoms. The van der Waals surface area contributed by atoms with Crippen LogP contribution in [-0.2, 0) is 47.7 Å². The lowest BCUT2D eigenvalue weighted by Crippen LogP contribution is -2.63. The number of ketones is 2. The lowest BCUT2D eigenvalue weighted by Gasteiger charge is -2.37. The molecule has 44 heavy (non-hydrogen) atoms. The average molecular weight is 632 g/mol. The number of ether oxygens (including phenoxy) is 4. The average Bonchev–Trinajstić information content (AvgIpc) is 2.99. The van der Waals surface area contributed by atoms with Crippen LogP contribution >= 0.6 is 0 Å². The fourth-order valence-electron chi connectivity index (χ4n) is 4.32. The van der Waals surface area contributed by atoms with Crippen molar-refractivity contribution in [2.75, 3.05) is 67.1 Å². The number of carbonyl (C=O) groups is 6. The van der Waals surface area contributed by atoms with Crippen molar-refractivity contribution in [2.45, 2.75) is 83.6 Å². The standard InChI is InChI=1S/C29H53N5O10/c1-10-27(6,26(40)20(4)44-29(11-2,12-3)21(5)35)33-13-22(36)34-28(17-41-23(37)14-30-7,18-42-24(38)15-31-8)19-43-25(39)16-32-9/h20,30-33H,10-19H2,1-9H3,(H,34,36). The maximum absolute atomic E-state index is 13.5. The maximum Gasteiger partial charge on any atom is 0.319 e. The van der Waals surface area contributed by atoms with Gasteiger partial charge in [-0.05, 0) is 61.2 Å². The molecule has 0 aromatic carbocycles. The minimum absolute atomic E-state index is 0.136. The van der Waals surface area contributed by atoms with Crippen molar-refractivity contribution in [3.05, 3.63) is 0 Å². The van der Waals surface area contributed by atoms with E-state index in [2.05, 4.69) is 26.6 Å². The van der Waals surface area contributed by atoms with Crippen LogP contribution in [0.4, 0.5) is 0 Å². The molecule has 15 heteroatoms. The number of carbonyl (C=O) groups excluding carboxylic acids is 6. The van der Waals surface area contributed by atoms with Crippen LogP contribution in [0.1, 0.15) is 60.8 Å². The summed E-state index contributed by atoms with van der Waals surface area (Å²) in [6.45, 7) is 7.76. The molecule has 0 saturated heterocycles. The second-order valence-corrected chi connectivity index (χ2v) is 10.8. The van der Waals surface area contributed by atoms with Crippen molar-refractivity contribution < 1.29 is 47.7 Å². The summed E-state index contributed by atoms with van der Waals surface area (Å²) in [6, 6.07) is 0. The lowest BCUT2D eigenvalue weighted by atomic mass is 9.88. The Morgan fingerprint density at radius 2 is 1.09 bits per heavy atom. The summed E-state index contributed by atoms with van der Waals surface area (Å²) in [7, 11) is 4.64. The largest absolute Gasteiger partial charge is 0.462 e. The van der Waals surface area contributed by atoms with Crippen molar-refractivity contribution >= 4 is 35.4 Å². The molecule has 0 fully saturated rings. The Morgan fingerprint density at radius 3 is 1.41 bits per heavy atom. The Kier molecular flexibility index (Phi) is 18.8. The number of Topliss-reactive ketones (excluding diaryl/α,β-unsaturated/α-hetero) is 2. The Balaban J connectivity index is 6.02. The zero-order valence-electron chi connectivity index (χ0n) is 27.7. The zero-order valence-corrected chi connectivity index (χ0v) is 27.7. The molecule has 0 aromatic rings. The molecule has 0 rings (SSSR count). The third-order valence-corrected chi connectivity index (χ3v) is 7.34. The van der Waals surface area contributed by atoms with Crippen molar-refractivity contribution in [1.82, 2.24) is 26.6 Å². The Hall–Kier alpha value is -2.98. The highest BCUT2D eigenvalue weighted by molar-refractivity contribution is 5.93. The topological polar surface area (TPSA) is 199 Å². The third-order valence-electron chi connectivity index (χ3n) is 7.34. The van der Waals surface area contributed by atoms with Crippen molar-refractivity contribution in [3.8, 4) is 0 Å². The molecule has 2 atom stereocenters. The molecular formula is C29H53N5O10. The Labute approximate surface area is 260 Å². The first-order valence-corrected chi connectivity index (χ1v) is 14.8. The minimum Gasteiger partial charge on any atom is -0.462 e. The van der Waals surface area contributed by atoms with Gasteiger partial charge in [0.15, 0.2) is 11.6 Å². The van der Waals surface area contributed by atoms with Crippen molar-refractivity contribution in [2.24, 2.45) is 0 Å². The van der Waals surface area contributed by atoms with E-state index in [9.17, 15) is 28.8 Å². The quantitative estimate of drug-likeness (QED) is 0.0642. The van der Waals surface area contributed by atoms with E-state index in [0.29, 0.717) is 12.8 Å². The third kappa shape index (κ3) is 13.3. The smallest absolute Gasteiger partial charge is 0.319 e. The number of esters is 3.